The molecule has 1 fully saturated rings. The number of fused-ring (bicyclic) bond motifs is 2. The van der Waals surface area contributed by atoms with Crippen molar-refractivity contribution in [1.82, 2.24) is 24.1 Å². The van der Waals surface area contributed by atoms with Gasteiger partial charge in [-0.15, -0.1) is 0 Å². The number of hydrogen-bond acceptors (Lipinski definition) is 5. The van der Waals surface area contributed by atoms with Crippen molar-refractivity contribution in [2.24, 2.45) is 11.8 Å². The highest BCUT2D eigenvalue weighted by molar-refractivity contribution is 5.94. The third kappa shape index (κ3) is 2.80. The summed E-state index contributed by atoms with van der Waals surface area (Å²) in [6, 6.07) is 9.78. The number of benzene rings is 1. The van der Waals surface area contributed by atoms with Crippen LogP contribution in [0.5, 0.6) is 5.75 Å². The molecule has 0 spiro atoms. The van der Waals surface area contributed by atoms with Crippen LogP contribution in [0.2, 0.25) is 0 Å². The zero-order chi connectivity index (χ0) is 20.8. The molecule has 1 aromatic carbocycles. The molecule has 30 heavy (non-hydrogen) atoms. The topological polar surface area (TPSA) is 74.3 Å². The first-order chi connectivity index (χ1) is 14.6. The molecule has 0 amide bonds. The Hall–Kier alpha value is -3.22. The lowest BCUT2D eigenvalue weighted by Gasteiger charge is -2.35. The monoisotopic (exact) mass is 403 g/mol. The smallest absolute Gasteiger partial charge is 0.262 e. The molecule has 0 aliphatic heterocycles. The van der Waals surface area contributed by atoms with Crippen LogP contribution in [0.3, 0.4) is 0 Å². The lowest BCUT2D eigenvalue weighted by atomic mass is 9.78. The highest BCUT2D eigenvalue weighted by atomic mass is 16.5. The highest BCUT2D eigenvalue weighted by Crippen LogP contribution is 2.38. The Bertz CT molecular complexity index is 1290. The Morgan fingerprint density at radius 2 is 1.97 bits per heavy atom. The zero-order valence-electron chi connectivity index (χ0n) is 17.4. The van der Waals surface area contributed by atoms with Gasteiger partial charge in [0.05, 0.1) is 23.7 Å². The van der Waals surface area contributed by atoms with Gasteiger partial charge in [0.1, 0.15) is 12.1 Å². The first-order valence-electron chi connectivity index (χ1n) is 10.5. The average Bonchev–Trinajstić information content (AvgIpc) is 3.23. The number of rotatable bonds is 3. The molecule has 154 valence electrons. The van der Waals surface area contributed by atoms with Gasteiger partial charge in [0.15, 0.2) is 0 Å². The zero-order valence-corrected chi connectivity index (χ0v) is 17.4. The Morgan fingerprint density at radius 3 is 2.80 bits per heavy atom. The molecule has 1 saturated carbocycles. The van der Waals surface area contributed by atoms with Gasteiger partial charge in [-0.25, -0.2) is 4.98 Å². The first-order valence-corrected chi connectivity index (χ1v) is 10.5. The van der Waals surface area contributed by atoms with E-state index >= 15 is 0 Å². The number of methoxy groups -OCH3 is 1. The van der Waals surface area contributed by atoms with Gasteiger partial charge in [0.25, 0.3) is 11.3 Å². The van der Waals surface area contributed by atoms with Crippen LogP contribution in [0.25, 0.3) is 27.9 Å². The van der Waals surface area contributed by atoms with Gasteiger partial charge in [-0.05, 0) is 36.5 Å². The molecule has 7 heteroatoms. The second-order valence-corrected chi connectivity index (χ2v) is 8.26. The summed E-state index contributed by atoms with van der Waals surface area (Å²) >= 11 is 0. The van der Waals surface area contributed by atoms with Crippen molar-refractivity contribution in [3.63, 3.8) is 0 Å². The summed E-state index contributed by atoms with van der Waals surface area (Å²) in [5, 5.41) is 4.92. The summed E-state index contributed by atoms with van der Waals surface area (Å²) in [7, 11) is 1.63. The minimum Gasteiger partial charge on any atom is -0.496 e. The molecule has 0 N–H and O–H groups in total. The van der Waals surface area contributed by atoms with Gasteiger partial charge in [0.2, 0.25) is 0 Å². The molecule has 0 unspecified atom stereocenters. The summed E-state index contributed by atoms with van der Waals surface area (Å²) in [6.45, 7) is 4.54. The molecule has 4 aromatic rings. The summed E-state index contributed by atoms with van der Waals surface area (Å²) < 4.78 is 9.15. The molecule has 5 rings (SSSR count). The molecule has 0 saturated heterocycles. The molecule has 3 aromatic heterocycles. The fourth-order valence-electron chi connectivity index (χ4n) is 4.84. The number of nitrogens with zero attached hydrogens (tertiary/aromatic N) is 5. The van der Waals surface area contributed by atoms with Gasteiger partial charge in [0, 0.05) is 17.8 Å². The molecule has 0 radical (unpaired) electrons. The van der Waals surface area contributed by atoms with E-state index in [0.717, 1.165) is 18.4 Å². The minimum absolute atomic E-state index is 0.0377. The number of hydrogen-bond donors (Lipinski definition) is 0. The van der Waals surface area contributed by atoms with E-state index < -0.39 is 0 Å². The van der Waals surface area contributed by atoms with Gasteiger partial charge in [-0.1, -0.05) is 38.8 Å². The Balaban J connectivity index is 1.85. The largest absolute Gasteiger partial charge is 0.496 e. The molecule has 7 nitrogen and oxygen atoms in total. The highest BCUT2D eigenvalue weighted by Gasteiger charge is 2.30. The maximum atomic E-state index is 13.9. The second kappa shape index (κ2) is 7.23. The van der Waals surface area contributed by atoms with Crippen molar-refractivity contribution >= 4 is 16.7 Å². The molecule has 1 aliphatic carbocycles. The van der Waals surface area contributed by atoms with E-state index in [9.17, 15) is 4.79 Å². The molecular formula is C23H25N5O2. The van der Waals surface area contributed by atoms with E-state index in [4.69, 9.17) is 4.74 Å². The Labute approximate surface area is 174 Å². The standard InChI is InChI=1S/C23H25N5O2/c1-14-7-6-9-18(15(14)2)27-12-11-17-20(22(27)29)21(28-23(26-17)24-13-25-28)16-8-4-5-10-19(16)30-3/h4-5,8,10-15,18H,6-7,9H2,1-3H3/t14-,15-,18-/m0/s1. The maximum Gasteiger partial charge on any atom is 0.262 e. The number of pyridine rings is 1. The molecule has 1 aliphatic rings. The van der Waals surface area contributed by atoms with Crippen LogP contribution in [0.4, 0.5) is 0 Å². The lowest BCUT2D eigenvalue weighted by Crippen LogP contribution is -2.33. The fourth-order valence-corrected chi connectivity index (χ4v) is 4.84. The normalized spacial score (nSPS) is 21.9. The van der Waals surface area contributed by atoms with Gasteiger partial charge >= 0.3 is 0 Å². The molecule has 3 heterocycles. The van der Waals surface area contributed by atoms with Crippen molar-refractivity contribution in [2.45, 2.75) is 39.2 Å². The van der Waals surface area contributed by atoms with Crippen LogP contribution in [-0.4, -0.2) is 31.3 Å². The van der Waals surface area contributed by atoms with E-state index in [-0.39, 0.29) is 11.6 Å². The lowest BCUT2D eigenvalue weighted by molar-refractivity contribution is 0.183. The number of ether oxygens (including phenoxy) is 1. The van der Waals surface area contributed by atoms with E-state index in [1.807, 2.05) is 41.1 Å². The van der Waals surface area contributed by atoms with Crippen LogP contribution in [0.15, 0.2) is 47.7 Å². The average molecular weight is 403 g/mol. The van der Waals surface area contributed by atoms with Crippen LogP contribution in [-0.2, 0) is 0 Å². The predicted octanol–water partition coefficient (Wildman–Crippen LogP) is 4.11. The third-order valence-corrected chi connectivity index (χ3v) is 6.68. The van der Waals surface area contributed by atoms with E-state index in [0.29, 0.717) is 40.0 Å². The molecular weight excluding hydrogens is 378 g/mol. The first kappa shape index (κ1) is 18.8. The van der Waals surface area contributed by atoms with Gasteiger partial charge < -0.3 is 9.30 Å². The summed E-state index contributed by atoms with van der Waals surface area (Å²) in [6.07, 6.45) is 6.73. The van der Waals surface area contributed by atoms with Crippen molar-refractivity contribution < 1.29 is 4.74 Å². The van der Waals surface area contributed by atoms with Crippen LogP contribution < -0.4 is 10.3 Å². The Kier molecular flexibility index (Phi) is 4.53. The van der Waals surface area contributed by atoms with Crippen molar-refractivity contribution in [3.8, 4) is 17.0 Å². The minimum atomic E-state index is -0.0377. The van der Waals surface area contributed by atoms with Crippen molar-refractivity contribution in [3.05, 3.63) is 53.2 Å². The molecule has 3 atom stereocenters. The maximum absolute atomic E-state index is 13.9. The Morgan fingerprint density at radius 1 is 1.13 bits per heavy atom. The van der Waals surface area contributed by atoms with E-state index in [1.165, 1.54) is 12.7 Å². The summed E-state index contributed by atoms with van der Waals surface area (Å²) in [5.74, 6) is 2.17. The quantitative estimate of drug-likeness (QED) is 0.515. The summed E-state index contributed by atoms with van der Waals surface area (Å²) in [5.41, 5.74) is 2.04. The third-order valence-electron chi connectivity index (χ3n) is 6.68. The van der Waals surface area contributed by atoms with Crippen LogP contribution in [0, 0.1) is 11.8 Å². The number of aromatic nitrogens is 5. The second-order valence-electron chi connectivity index (χ2n) is 8.26. The SMILES string of the molecule is COc1ccccc1-c1c2c(=O)n([C@H]3CCC[C@H](C)[C@@H]3C)ccc2nc2ncnn12. The van der Waals surface area contributed by atoms with Gasteiger partial charge in [-0.3, -0.25) is 4.79 Å². The van der Waals surface area contributed by atoms with Crippen LogP contribution >= 0.6 is 0 Å². The summed E-state index contributed by atoms with van der Waals surface area (Å²) in [4.78, 5) is 22.7. The van der Waals surface area contributed by atoms with Crippen molar-refractivity contribution in [2.75, 3.05) is 7.11 Å². The van der Waals surface area contributed by atoms with E-state index in [1.54, 1.807) is 11.6 Å². The van der Waals surface area contributed by atoms with E-state index in [2.05, 4.69) is 28.9 Å². The number of para-hydroxylation sites is 1. The fraction of sp³-hybridized carbons (Fsp3) is 0.391. The predicted molar refractivity (Wildman–Crippen MR) is 116 cm³/mol. The van der Waals surface area contributed by atoms with Crippen molar-refractivity contribution in [1.29, 1.82) is 0 Å². The van der Waals surface area contributed by atoms with Crippen LogP contribution in [0.1, 0.15) is 39.2 Å². The molecule has 0 bridgehead atoms. The van der Waals surface area contributed by atoms with Gasteiger partial charge in [-0.2, -0.15) is 14.6 Å².